The van der Waals surface area contributed by atoms with Gasteiger partial charge in [0.1, 0.15) is 11.1 Å². The van der Waals surface area contributed by atoms with Crippen molar-refractivity contribution in [3.05, 3.63) is 45.6 Å². The SMILES string of the molecule is Cn1c(SCC(=O)Nc2sc3c(c2C#N)CCCCCC3)nnc1-c1csc2ccccc12. The van der Waals surface area contributed by atoms with Crippen LogP contribution in [0.5, 0.6) is 0 Å². The van der Waals surface area contributed by atoms with E-state index in [9.17, 15) is 10.1 Å². The summed E-state index contributed by atoms with van der Waals surface area (Å²) in [6.07, 6.45) is 6.62. The third-order valence-electron chi connectivity index (χ3n) is 5.93. The van der Waals surface area contributed by atoms with E-state index >= 15 is 0 Å². The van der Waals surface area contributed by atoms with Gasteiger partial charge in [0.05, 0.1) is 11.3 Å². The van der Waals surface area contributed by atoms with Crippen LogP contribution in [0.4, 0.5) is 5.00 Å². The lowest BCUT2D eigenvalue weighted by molar-refractivity contribution is -0.113. The van der Waals surface area contributed by atoms with Gasteiger partial charge in [-0.15, -0.1) is 32.9 Å². The van der Waals surface area contributed by atoms with Crippen LogP contribution in [0.3, 0.4) is 0 Å². The Morgan fingerprint density at radius 1 is 1.21 bits per heavy atom. The van der Waals surface area contributed by atoms with E-state index in [1.807, 2.05) is 23.7 Å². The second kappa shape index (κ2) is 9.67. The average Bonchev–Trinajstić information content (AvgIpc) is 3.47. The van der Waals surface area contributed by atoms with E-state index in [2.05, 4.69) is 39.1 Å². The molecule has 1 aromatic carbocycles. The number of anilines is 1. The molecular formula is C24H23N5OS3. The predicted octanol–water partition coefficient (Wildman–Crippen LogP) is 6.02. The van der Waals surface area contributed by atoms with E-state index in [4.69, 9.17) is 0 Å². The second-order valence-corrected chi connectivity index (χ2v) is 11.0. The van der Waals surface area contributed by atoms with Crippen molar-refractivity contribution in [3.63, 3.8) is 0 Å². The Morgan fingerprint density at radius 3 is 2.88 bits per heavy atom. The number of hydrogen-bond donors (Lipinski definition) is 1. The minimum atomic E-state index is -0.128. The van der Waals surface area contributed by atoms with Gasteiger partial charge in [-0.05, 0) is 37.3 Å². The van der Waals surface area contributed by atoms with E-state index in [1.54, 1.807) is 22.7 Å². The number of fused-ring (bicyclic) bond motifs is 2. The third-order valence-corrected chi connectivity index (χ3v) is 9.12. The molecule has 0 fully saturated rings. The van der Waals surface area contributed by atoms with Crippen LogP contribution in [-0.2, 0) is 24.7 Å². The minimum Gasteiger partial charge on any atom is -0.316 e. The van der Waals surface area contributed by atoms with E-state index in [1.165, 1.54) is 34.2 Å². The smallest absolute Gasteiger partial charge is 0.235 e. The summed E-state index contributed by atoms with van der Waals surface area (Å²) in [5.74, 6) is 0.875. The molecule has 0 unspecified atom stereocenters. The summed E-state index contributed by atoms with van der Waals surface area (Å²) < 4.78 is 3.15. The Bertz CT molecular complexity index is 1360. The number of aryl methyl sites for hydroxylation is 1. The quantitative estimate of drug-likeness (QED) is 0.344. The van der Waals surface area contributed by atoms with Crippen LogP contribution in [-0.4, -0.2) is 26.4 Å². The number of thioether (sulfide) groups is 1. The summed E-state index contributed by atoms with van der Waals surface area (Å²) in [4.78, 5) is 14.0. The zero-order valence-corrected chi connectivity index (χ0v) is 20.7. The number of nitrogens with zero attached hydrogens (tertiary/aromatic N) is 4. The molecule has 0 saturated heterocycles. The Kier molecular flexibility index (Phi) is 6.49. The van der Waals surface area contributed by atoms with Gasteiger partial charge in [-0.25, -0.2) is 0 Å². The molecule has 3 heterocycles. The highest BCUT2D eigenvalue weighted by atomic mass is 32.2. The number of carbonyl (C=O) groups excluding carboxylic acids is 1. The van der Waals surface area contributed by atoms with Gasteiger partial charge >= 0.3 is 0 Å². The Balaban J connectivity index is 1.29. The fourth-order valence-electron chi connectivity index (χ4n) is 4.24. The van der Waals surface area contributed by atoms with E-state index < -0.39 is 0 Å². The van der Waals surface area contributed by atoms with E-state index in [0.717, 1.165) is 48.0 Å². The highest BCUT2D eigenvalue weighted by molar-refractivity contribution is 7.99. The number of nitriles is 1. The maximum Gasteiger partial charge on any atom is 0.235 e. The monoisotopic (exact) mass is 493 g/mol. The van der Waals surface area contributed by atoms with Crippen molar-refractivity contribution in [1.29, 1.82) is 5.26 Å². The average molecular weight is 494 g/mol. The highest BCUT2D eigenvalue weighted by Crippen LogP contribution is 2.37. The summed E-state index contributed by atoms with van der Waals surface area (Å²) in [5, 5.41) is 26.1. The van der Waals surface area contributed by atoms with Gasteiger partial charge in [0.15, 0.2) is 11.0 Å². The first-order valence-corrected chi connectivity index (χ1v) is 13.7. The molecule has 0 spiro atoms. The van der Waals surface area contributed by atoms with Crippen LogP contribution < -0.4 is 5.32 Å². The summed E-state index contributed by atoms with van der Waals surface area (Å²) in [6, 6.07) is 10.6. The molecule has 4 aromatic rings. The van der Waals surface area contributed by atoms with E-state index in [-0.39, 0.29) is 11.7 Å². The van der Waals surface area contributed by atoms with Crippen LogP contribution in [0.25, 0.3) is 21.5 Å². The Hall–Kier alpha value is -2.67. The van der Waals surface area contributed by atoms with Gasteiger partial charge in [-0.2, -0.15) is 5.26 Å². The minimum absolute atomic E-state index is 0.128. The molecule has 0 bridgehead atoms. The number of rotatable bonds is 5. The molecule has 0 saturated carbocycles. The van der Waals surface area contributed by atoms with Crippen molar-refractivity contribution in [1.82, 2.24) is 14.8 Å². The zero-order valence-electron chi connectivity index (χ0n) is 18.3. The predicted molar refractivity (Wildman–Crippen MR) is 136 cm³/mol. The molecule has 1 N–H and O–H groups in total. The molecule has 0 radical (unpaired) electrons. The molecule has 3 aromatic heterocycles. The van der Waals surface area contributed by atoms with Crippen LogP contribution in [0.15, 0.2) is 34.8 Å². The molecule has 168 valence electrons. The Labute approximate surface area is 204 Å². The van der Waals surface area contributed by atoms with Gasteiger partial charge in [0.25, 0.3) is 0 Å². The number of benzene rings is 1. The largest absolute Gasteiger partial charge is 0.316 e. The maximum absolute atomic E-state index is 12.7. The summed E-state index contributed by atoms with van der Waals surface area (Å²) in [7, 11) is 1.93. The molecule has 33 heavy (non-hydrogen) atoms. The molecule has 9 heteroatoms. The molecule has 1 aliphatic carbocycles. The third kappa shape index (κ3) is 4.43. The van der Waals surface area contributed by atoms with Crippen molar-refractivity contribution in [2.45, 2.75) is 43.7 Å². The number of aromatic nitrogens is 3. The first-order chi connectivity index (χ1) is 16.2. The lowest BCUT2D eigenvalue weighted by atomic mass is 9.97. The first-order valence-electron chi connectivity index (χ1n) is 11.0. The van der Waals surface area contributed by atoms with Crippen molar-refractivity contribution in [3.8, 4) is 17.5 Å². The molecular weight excluding hydrogens is 470 g/mol. The number of thiophene rings is 2. The van der Waals surface area contributed by atoms with Crippen molar-refractivity contribution < 1.29 is 4.79 Å². The zero-order chi connectivity index (χ0) is 22.8. The fourth-order valence-corrected chi connectivity index (χ4v) is 7.15. The standard InChI is InChI=1S/C24H23N5OS3/c1-29-22(18-13-31-19-10-7-6-9-16(18)19)27-28-24(29)32-14-21(30)26-23-17(12-25)15-8-4-2-3-5-11-20(15)33-23/h6-7,9-10,13H,2-5,8,11,14H2,1H3,(H,26,30). The number of nitrogens with one attached hydrogen (secondary N) is 1. The van der Waals surface area contributed by atoms with Crippen LogP contribution in [0.1, 0.15) is 41.7 Å². The highest BCUT2D eigenvalue weighted by Gasteiger charge is 2.21. The molecule has 1 aliphatic rings. The molecule has 5 rings (SSSR count). The first kappa shape index (κ1) is 22.1. The number of hydrogen-bond acceptors (Lipinski definition) is 7. The van der Waals surface area contributed by atoms with Crippen LogP contribution in [0, 0.1) is 11.3 Å². The molecule has 0 atom stereocenters. The summed E-state index contributed by atoms with van der Waals surface area (Å²) in [6.45, 7) is 0. The van der Waals surface area contributed by atoms with Crippen LogP contribution >= 0.6 is 34.4 Å². The second-order valence-electron chi connectivity index (χ2n) is 8.08. The molecule has 0 aliphatic heterocycles. The van der Waals surface area contributed by atoms with Gasteiger partial charge in [-0.3, -0.25) is 4.79 Å². The summed E-state index contributed by atoms with van der Waals surface area (Å²) in [5.41, 5.74) is 2.85. The van der Waals surface area contributed by atoms with Gasteiger partial charge in [-0.1, -0.05) is 42.8 Å². The van der Waals surface area contributed by atoms with Gasteiger partial charge < -0.3 is 9.88 Å². The summed E-state index contributed by atoms with van der Waals surface area (Å²) >= 11 is 4.61. The van der Waals surface area contributed by atoms with Crippen molar-refractivity contribution in [2.24, 2.45) is 7.05 Å². The topological polar surface area (TPSA) is 83.6 Å². The normalized spacial score (nSPS) is 13.8. The lowest BCUT2D eigenvalue weighted by Crippen LogP contribution is -2.14. The fraction of sp³-hybridized carbons (Fsp3) is 0.333. The van der Waals surface area contributed by atoms with Crippen molar-refractivity contribution in [2.75, 3.05) is 11.1 Å². The molecule has 1 amide bonds. The number of carbonyl (C=O) groups is 1. The maximum atomic E-state index is 12.7. The van der Waals surface area contributed by atoms with Crippen LogP contribution in [0.2, 0.25) is 0 Å². The van der Waals surface area contributed by atoms with Gasteiger partial charge in [0, 0.05) is 33.0 Å². The molecule has 6 nitrogen and oxygen atoms in total. The van der Waals surface area contributed by atoms with Crippen molar-refractivity contribution >= 4 is 55.4 Å². The van der Waals surface area contributed by atoms with Gasteiger partial charge in [0.2, 0.25) is 5.91 Å². The Morgan fingerprint density at radius 2 is 2.03 bits per heavy atom. The lowest BCUT2D eigenvalue weighted by Gasteiger charge is -2.08. The van der Waals surface area contributed by atoms with E-state index in [0.29, 0.717) is 15.7 Å². The number of amides is 1.